The summed E-state index contributed by atoms with van der Waals surface area (Å²) in [5, 5.41) is 12.2. The van der Waals surface area contributed by atoms with Gasteiger partial charge in [0.05, 0.1) is 18.0 Å². The van der Waals surface area contributed by atoms with Crippen LogP contribution in [0.15, 0.2) is 71.7 Å². The number of rotatable bonds is 4. The number of alkyl halides is 3. The zero-order valence-corrected chi connectivity index (χ0v) is 23.6. The number of carboxylic acids is 1. The molecule has 1 aromatic heterocycles. The molecule has 6 rings (SSSR count). The molecule has 12 heteroatoms. The largest absolute Gasteiger partial charge is 0.481 e. The van der Waals surface area contributed by atoms with Crippen LogP contribution in [0.2, 0.25) is 0 Å². The first-order valence-electron chi connectivity index (χ1n) is 14.0. The maximum absolute atomic E-state index is 16.2. The second kappa shape index (κ2) is 11.2. The lowest BCUT2D eigenvalue weighted by Gasteiger charge is -2.25. The van der Waals surface area contributed by atoms with Gasteiger partial charge in [-0.1, -0.05) is 12.1 Å². The molecule has 4 bridgehead atoms. The minimum atomic E-state index is -4.87. The highest BCUT2D eigenvalue weighted by Crippen LogP contribution is 2.46. The van der Waals surface area contributed by atoms with Crippen LogP contribution in [0.1, 0.15) is 65.1 Å². The Bertz CT molecular complexity index is 1910. The maximum Gasteiger partial charge on any atom is 0.416 e. The molecular formula is C33H25F5N2O5. The smallest absolute Gasteiger partial charge is 0.416 e. The molecule has 232 valence electrons. The van der Waals surface area contributed by atoms with Crippen molar-refractivity contribution in [1.82, 2.24) is 9.88 Å². The molecule has 1 saturated carbocycles. The van der Waals surface area contributed by atoms with Crippen molar-refractivity contribution in [2.45, 2.75) is 50.4 Å². The fraction of sp³-hybridized carbons (Fsp3) is 0.242. The van der Waals surface area contributed by atoms with Crippen molar-refractivity contribution >= 4 is 11.9 Å². The summed E-state index contributed by atoms with van der Waals surface area (Å²) in [7, 11) is 0. The van der Waals surface area contributed by atoms with Crippen molar-refractivity contribution in [3.63, 3.8) is 0 Å². The van der Waals surface area contributed by atoms with Crippen LogP contribution >= 0.6 is 0 Å². The third-order valence-electron chi connectivity index (χ3n) is 8.03. The summed E-state index contributed by atoms with van der Waals surface area (Å²) in [6.45, 7) is 1.81. The Balaban J connectivity index is 1.63. The van der Waals surface area contributed by atoms with Gasteiger partial charge in [-0.25, -0.2) is 8.78 Å². The monoisotopic (exact) mass is 624 g/mol. The average molecular weight is 625 g/mol. The summed E-state index contributed by atoms with van der Waals surface area (Å²) in [5.74, 6) is -4.04. The molecule has 1 amide bonds. The topological polar surface area (TPSA) is 97.6 Å². The van der Waals surface area contributed by atoms with E-state index >= 15 is 8.78 Å². The molecule has 7 nitrogen and oxygen atoms in total. The second-order valence-corrected chi connectivity index (χ2v) is 11.2. The van der Waals surface area contributed by atoms with E-state index in [1.807, 2.05) is 0 Å². The number of pyridine rings is 1. The molecule has 1 aliphatic carbocycles. The Kier molecular flexibility index (Phi) is 7.46. The number of aryl methyl sites for hydroxylation is 1. The zero-order chi connectivity index (χ0) is 32.2. The van der Waals surface area contributed by atoms with Crippen molar-refractivity contribution in [1.29, 1.82) is 0 Å². The quantitative estimate of drug-likeness (QED) is 0.238. The van der Waals surface area contributed by atoms with E-state index in [0.717, 1.165) is 17.7 Å². The fourth-order valence-electron chi connectivity index (χ4n) is 5.74. The predicted octanol–water partition coefficient (Wildman–Crippen LogP) is 7.03. The Hall–Kier alpha value is -5.00. The van der Waals surface area contributed by atoms with Crippen LogP contribution in [0.5, 0.6) is 11.5 Å². The number of amides is 1. The molecule has 0 unspecified atom stereocenters. The van der Waals surface area contributed by atoms with E-state index < -0.39 is 64.9 Å². The number of carboxylic acid groups (broad SMARTS) is 1. The number of carbonyl (C=O) groups excluding carboxylic acids is 1. The molecule has 3 aromatic carbocycles. The Morgan fingerprint density at radius 3 is 2.40 bits per heavy atom. The Morgan fingerprint density at radius 2 is 1.73 bits per heavy atom. The van der Waals surface area contributed by atoms with Crippen LogP contribution in [-0.4, -0.2) is 21.6 Å². The van der Waals surface area contributed by atoms with E-state index in [0.29, 0.717) is 52.1 Å². The number of fused-ring (bicyclic) bond motifs is 6. The minimum absolute atomic E-state index is 0.0436. The van der Waals surface area contributed by atoms with Crippen LogP contribution in [0.4, 0.5) is 22.0 Å². The number of aromatic nitrogens is 1. The number of halogens is 5. The van der Waals surface area contributed by atoms with Crippen molar-refractivity contribution in [3.05, 3.63) is 117 Å². The van der Waals surface area contributed by atoms with E-state index in [1.54, 1.807) is 31.2 Å². The molecule has 1 aliphatic heterocycles. The number of aliphatic carboxylic acids is 1. The van der Waals surface area contributed by atoms with Crippen LogP contribution in [0.3, 0.4) is 0 Å². The van der Waals surface area contributed by atoms with Crippen molar-refractivity contribution < 1.29 is 41.4 Å². The lowest BCUT2D eigenvalue weighted by atomic mass is 9.90. The minimum Gasteiger partial charge on any atom is -0.481 e. The highest BCUT2D eigenvalue weighted by molar-refractivity contribution is 5.85. The fourth-order valence-corrected chi connectivity index (χ4v) is 5.74. The van der Waals surface area contributed by atoms with Gasteiger partial charge in [0.15, 0.2) is 0 Å². The lowest BCUT2D eigenvalue weighted by Crippen LogP contribution is -2.40. The predicted molar refractivity (Wildman–Crippen MR) is 152 cm³/mol. The number of hydrogen-bond acceptors (Lipinski definition) is 4. The van der Waals surface area contributed by atoms with Gasteiger partial charge in [0, 0.05) is 29.0 Å². The first-order valence-corrected chi connectivity index (χ1v) is 14.0. The number of benzene rings is 3. The zero-order valence-electron chi connectivity index (χ0n) is 23.6. The van der Waals surface area contributed by atoms with Gasteiger partial charge < -0.3 is 15.2 Å². The van der Waals surface area contributed by atoms with E-state index in [1.165, 1.54) is 12.1 Å². The second-order valence-electron chi connectivity index (χ2n) is 11.2. The molecule has 2 N–H and O–H groups in total. The average Bonchev–Trinajstić information content (AvgIpc) is 3.80. The van der Waals surface area contributed by atoms with Gasteiger partial charge in [-0.05, 0) is 84.8 Å². The lowest BCUT2D eigenvalue weighted by molar-refractivity contribution is -0.138. The number of nitrogens with zero attached hydrogens (tertiary/aromatic N) is 1. The molecule has 0 spiro atoms. The summed E-state index contributed by atoms with van der Waals surface area (Å²) in [6, 6.07) is 9.08. The SMILES string of the molecule is Cc1cccc2c1-c1cc(C3CC3)c(F)c(c1)[C@@H](CC(=O)O)NC(=O)[C@H](n1ccc(C(F)(F)F)cc1=O)c1cc(ccc1F)O2. The van der Waals surface area contributed by atoms with Gasteiger partial charge in [0.1, 0.15) is 29.2 Å². The molecule has 4 aromatic rings. The summed E-state index contributed by atoms with van der Waals surface area (Å²) >= 11 is 0. The Labute approximate surface area is 252 Å². The highest BCUT2D eigenvalue weighted by atomic mass is 19.4. The first kappa shape index (κ1) is 30.0. The van der Waals surface area contributed by atoms with Crippen LogP contribution in [0, 0.1) is 18.6 Å². The summed E-state index contributed by atoms with van der Waals surface area (Å²) in [4.78, 5) is 39.0. The number of nitrogens with one attached hydrogen (secondary N) is 1. The van der Waals surface area contributed by atoms with Gasteiger partial charge in [0.25, 0.3) is 5.56 Å². The standard InChI is InChI=1S/C33H25F5N2O5/c1-16-3-2-4-26-29(16)18-11-21(17-5-6-17)30(35)23(12-18)25(15-28(42)43)39-32(44)31(22-14-20(45-26)7-8-24(22)34)40-10-9-19(13-27(40)41)33(36,37)38/h2-4,7-14,17,25,31H,5-6,15H2,1H3,(H,39,44)(H,42,43)/t25-,31-/m1/s1. The summed E-state index contributed by atoms with van der Waals surface area (Å²) in [6.07, 6.45) is -3.54. The summed E-state index contributed by atoms with van der Waals surface area (Å²) < 4.78 is 78.5. The van der Waals surface area contributed by atoms with Gasteiger partial charge in [-0.2, -0.15) is 13.2 Å². The molecule has 2 aliphatic rings. The van der Waals surface area contributed by atoms with E-state index in [2.05, 4.69) is 5.32 Å². The van der Waals surface area contributed by atoms with Crippen molar-refractivity contribution in [2.75, 3.05) is 0 Å². The molecule has 2 atom stereocenters. The normalized spacial score (nSPS) is 18.0. The van der Waals surface area contributed by atoms with E-state index in [-0.39, 0.29) is 23.3 Å². The molecule has 0 radical (unpaired) electrons. The third kappa shape index (κ3) is 5.79. The number of ether oxygens (including phenoxy) is 1. The van der Waals surface area contributed by atoms with Gasteiger partial charge in [-0.3, -0.25) is 19.0 Å². The molecule has 1 fully saturated rings. The van der Waals surface area contributed by atoms with Crippen molar-refractivity contribution in [2.24, 2.45) is 0 Å². The van der Waals surface area contributed by atoms with E-state index in [9.17, 15) is 32.7 Å². The Morgan fingerprint density at radius 1 is 1.00 bits per heavy atom. The van der Waals surface area contributed by atoms with Crippen LogP contribution < -0.4 is 15.6 Å². The molecule has 45 heavy (non-hydrogen) atoms. The van der Waals surface area contributed by atoms with E-state index in [4.69, 9.17) is 4.74 Å². The summed E-state index contributed by atoms with van der Waals surface area (Å²) in [5.41, 5.74) is -1.03. The number of carbonyl (C=O) groups is 2. The first-order chi connectivity index (χ1) is 21.3. The molecular weight excluding hydrogens is 599 g/mol. The third-order valence-corrected chi connectivity index (χ3v) is 8.03. The van der Waals surface area contributed by atoms with Gasteiger partial charge >= 0.3 is 12.1 Å². The van der Waals surface area contributed by atoms with Crippen molar-refractivity contribution in [3.8, 4) is 22.6 Å². The van der Waals surface area contributed by atoms with Gasteiger partial charge in [0.2, 0.25) is 5.91 Å². The number of hydrogen-bond donors (Lipinski definition) is 2. The van der Waals surface area contributed by atoms with Gasteiger partial charge in [-0.15, -0.1) is 0 Å². The van der Waals surface area contributed by atoms with Crippen LogP contribution in [-0.2, 0) is 15.8 Å². The molecule has 0 saturated heterocycles. The maximum atomic E-state index is 16.2. The molecule has 2 heterocycles. The van der Waals surface area contributed by atoms with Crippen LogP contribution in [0.25, 0.3) is 11.1 Å². The highest BCUT2D eigenvalue weighted by Gasteiger charge is 2.36.